The quantitative estimate of drug-likeness (QED) is 0.775. The lowest BCUT2D eigenvalue weighted by atomic mass is 9.84. The number of nitrogens with zero attached hydrogens (tertiary/aromatic N) is 2. The SMILES string of the molecule is CN(C)C(=O)C1(CNC(=O)N2C[C@@H](C(F)(F)F)[C@H](C(=O)O)C2)CCCC1. The smallest absolute Gasteiger partial charge is 0.394 e. The fraction of sp³-hybridized carbons (Fsp3) is 0.812. The molecule has 1 aliphatic heterocycles. The van der Waals surface area contributed by atoms with Crippen molar-refractivity contribution >= 4 is 17.9 Å². The van der Waals surface area contributed by atoms with Crippen LogP contribution < -0.4 is 5.32 Å². The van der Waals surface area contributed by atoms with Gasteiger partial charge in [-0.1, -0.05) is 12.8 Å². The Balaban J connectivity index is 2.03. The van der Waals surface area contributed by atoms with E-state index in [0.717, 1.165) is 17.7 Å². The third kappa shape index (κ3) is 4.04. The van der Waals surface area contributed by atoms with Gasteiger partial charge in [-0.3, -0.25) is 9.59 Å². The third-order valence-electron chi connectivity index (χ3n) is 5.34. The molecule has 0 aromatic rings. The van der Waals surface area contributed by atoms with Crippen LogP contribution in [0.5, 0.6) is 0 Å². The number of amides is 3. The van der Waals surface area contributed by atoms with E-state index in [1.54, 1.807) is 14.1 Å². The Labute approximate surface area is 149 Å². The van der Waals surface area contributed by atoms with Crippen LogP contribution in [0.4, 0.5) is 18.0 Å². The molecule has 3 amide bonds. The maximum absolute atomic E-state index is 13.0. The Morgan fingerprint density at radius 3 is 2.19 bits per heavy atom. The van der Waals surface area contributed by atoms with Crippen LogP contribution in [0, 0.1) is 17.3 Å². The molecule has 2 atom stereocenters. The summed E-state index contributed by atoms with van der Waals surface area (Å²) in [7, 11) is 3.24. The van der Waals surface area contributed by atoms with Crippen molar-refractivity contribution in [1.29, 1.82) is 0 Å². The van der Waals surface area contributed by atoms with E-state index in [0.29, 0.717) is 12.8 Å². The number of carboxylic acid groups (broad SMARTS) is 1. The molecule has 1 saturated heterocycles. The van der Waals surface area contributed by atoms with Crippen LogP contribution in [0.3, 0.4) is 0 Å². The van der Waals surface area contributed by atoms with E-state index in [1.165, 1.54) is 4.90 Å². The van der Waals surface area contributed by atoms with Gasteiger partial charge in [-0.2, -0.15) is 13.2 Å². The standard InChI is InChI=1S/C16H24F3N3O4/c1-21(2)13(25)15(5-3-4-6-15)9-20-14(26)22-7-10(12(23)24)11(8-22)16(17,18)19/h10-11H,3-9H2,1-2H3,(H,20,26)(H,23,24)/t10-,11-/m1/s1. The molecule has 1 saturated carbocycles. The Morgan fingerprint density at radius 2 is 1.77 bits per heavy atom. The van der Waals surface area contributed by atoms with Gasteiger partial charge >= 0.3 is 18.2 Å². The molecule has 10 heteroatoms. The molecule has 0 radical (unpaired) electrons. The lowest BCUT2D eigenvalue weighted by Gasteiger charge is -2.31. The molecule has 1 aliphatic carbocycles. The van der Waals surface area contributed by atoms with Crippen molar-refractivity contribution in [3.8, 4) is 0 Å². The van der Waals surface area contributed by atoms with Gasteiger partial charge in [-0.25, -0.2) is 4.79 Å². The molecular formula is C16H24F3N3O4. The minimum atomic E-state index is -4.69. The van der Waals surface area contributed by atoms with Gasteiger partial charge in [0.25, 0.3) is 0 Å². The molecule has 7 nitrogen and oxygen atoms in total. The van der Waals surface area contributed by atoms with Crippen molar-refractivity contribution in [2.75, 3.05) is 33.7 Å². The number of nitrogens with one attached hydrogen (secondary N) is 1. The number of carbonyl (C=O) groups excluding carboxylic acids is 2. The number of halogens is 3. The largest absolute Gasteiger partial charge is 0.481 e. The summed E-state index contributed by atoms with van der Waals surface area (Å²) in [4.78, 5) is 38.2. The molecule has 0 unspecified atom stereocenters. The number of hydrogen-bond acceptors (Lipinski definition) is 3. The van der Waals surface area contributed by atoms with Crippen LogP contribution in [0.1, 0.15) is 25.7 Å². The summed E-state index contributed by atoms with van der Waals surface area (Å²) in [6, 6.07) is -0.763. The first-order valence-corrected chi connectivity index (χ1v) is 8.52. The Morgan fingerprint density at radius 1 is 1.19 bits per heavy atom. The zero-order valence-corrected chi connectivity index (χ0v) is 14.8. The van der Waals surface area contributed by atoms with E-state index in [2.05, 4.69) is 5.32 Å². The maximum Gasteiger partial charge on any atom is 0.394 e. The molecular weight excluding hydrogens is 355 g/mol. The van der Waals surface area contributed by atoms with Gasteiger partial charge in [0.2, 0.25) is 5.91 Å². The predicted molar refractivity (Wildman–Crippen MR) is 85.2 cm³/mol. The second-order valence-corrected chi connectivity index (χ2v) is 7.34. The maximum atomic E-state index is 13.0. The van der Waals surface area contributed by atoms with Gasteiger partial charge in [0.05, 0.1) is 17.3 Å². The molecule has 2 rings (SSSR count). The number of alkyl halides is 3. The van der Waals surface area contributed by atoms with Gasteiger partial charge in [-0.15, -0.1) is 0 Å². The average molecular weight is 379 g/mol. The first-order chi connectivity index (χ1) is 12.0. The summed E-state index contributed by atoms with van der Waals surface area (Å²) in [5, 5.41) is 11.6. The summed E-state index contributed by atoms with van der Waals surface area (Å²) in [5.74, 6) is -5.45. The lowest BCUT2D eigenvalue weighted by Crippen LogP contribution is -2.49. The van der Waals surface area contributed by atoms with Crippen LogP contribution in [-0.2, 0) is 9.59 Å². The minimum Gasteiger partial charge on any atom is -0.481 e. The summed E-state index contributed by atoms with van der Waals surface area (Å²) in [5.41, 5.74) is -0.742. The highest BCUT2D eigenvalue weighted by Gasteiger charge is 2.53. The second kappa shape index (κ2) is 7.32. The zero-order chi connectivity index (χ0) is 19.7. The summed E-state index contributed by atoms with van der Waals surface area (Å²) >= 11 is 0. The molecule has 26 heavy (non-hydrogen) atoms. The fourth-order valence-corrected chi connectivity index (χ4v) is 3.90. The lowest BCUT2D eigenvalue weighted by molar-refractivity contribution is -0.187. The highest BCUT2D eigenvalue weighted by atomic mass is 19.4. The van der Waals surface area contributed by atoms with Crippen molar-refractivity contribution in [3.63, 3.8) is 0 Å². The molecule has 0 spiro atoms. The number of likely N-dealkylation sites (tertiary alicyclic amines) is 1. The normalized spacial score (nSPS) is 25.2. The molecule has 0 aromatic heterocycles. The molecule has 148 valence electrons. The van der Waals surface area contributed by atoms with E-state index < -0.39 is 48.5 Å². The van der Waals surface area contributed by atoms with Crippen molar-refractivity contribution in [2.24, 2.45) is 17.3 Å². The number of rotatable bonds is 4. The molecule has 0 bridgehead atoms. The van der Waals surface area contributed by atoms with Crippen LogP contribution in [0.2, 0.25) is 0 Å². The number of carbonyl (C=O) groups is 3. The van der Waals surface area contributed by atoms with E-state index in [-0.39, 0.29) is 12.5 Å². The molecule has 2 aliphatic rings. The first-order valence-electron chi connectivity index (χ1n) is 8.52. The van der Waals surface area contributed by atoms with Crippen LogP contribution in [0.15, 0.2) is 0 Å². The number of hydrogen-bond donors (Lipinski definition) is 2. The Hall–Kier alpha value is -2.00. The zero-order valence-electron chi connectivity index (χ0n) is 14.8. The van der Waals surface area contributed by atoms with Gasteiger partial charge in [0.1, 0.15) is 0 Å². The predicted octanol–water partition coefficient (Wildman–Crippen LogP) is 1.54. The van der Waals surface area contributed by atoms with Gasteiger partial charge in [0, 0.05) is 33.7 Å². The highest BCUT2D eigenvalue weighted by Crippen LogP contribution is 2.40. The third-order valence-corrected chi connectivity index (χ3v) is 5.34. The Kier molecular flexibility index (Phi) is 5.72. The van der Waals surface area contributed by atoms with E-state index in [4.69, 9.17) is 5.11 Å². The van der Waals surface area contributed by atoms with Crippen molar-refractivity contribution in [2.45, 2.75) is 31.9 Å². The van der Waals surface area contributed by atoms with E-state index in [9.17, 15) is 27.6 Å². The molecule has 1 heterocycles. The Bertz CT molecular complexity index is 574. The van der Waals surface area contributed by atoms with Crippen molar-refractivity contribution < 1.29 is 32.7 Å². The van der Waals surface area contributed by atoms with Crippen LogP contribution >= 0.6 is 0 Å². The number of carboxylic acids is 1. The van der Waals surface area contributed by atoms with Crippen LogP contribution in [-0.4, -0.2) is 72.7 Å². The van der Waals surface area contributed by atoms with Gasteiger partial charge in [0.15, 0.2) is 0 Å². The van der Waals surface area contributed by atoms with Gasteiger partial charge < -0.3 is 20.2 Å². The van der Waals surface area contributed by atoms with E-state index in [1.807, 2.05) is 0 Å². The first kappa shape index (κ1) is 20.3. The number of urea groups is 1. The summed E-state index contributed by atoms with van der Waals surface area (Å²) in [6.07, 6.45) is -1.79. The number of aliphatic carboxylic acids is 1. The molecule has 0 aromatic carbocycles. The van der Waals surface area contributed by atoms with Gasteiger partial charge in [-0.05, 0) is 12.8 Å². The molecule has 2 fully saturated rings. The van der Waals surface area contributed by atoms with Crippen molar-refractivity contribution in [3.05, 3.63) is 0 Å². The molecule has 2 N–H and O–H groups in total. The van der Waals surface area contributed by atoms with Crippen molar-refractivity contribution in [1.82, 2.24) is 15.1 Å². The van der Waals surface area contributed by atoms with E-state index >= 15 is 0 Å². The van der Waals surface area contributed by atoms with Crippen LogP contribution in [0.25, 0.3) is 0 Å². The summed E-state index contributed by atoms with van der Waals surface area (Å²) in [6.45, 7) is -1.16. The minimum absolute atomic E-state index is 0.0355. The highest BCUT2D eigenvalue weighted by molar-refractivity contribution is 5.84. The second-order valence-electron chi connectivity index (χ2n) is 7.34. The average Bonchev–Trinajstić information content (AvgIpc) is 3.19. The fourth-order valence-electron chi connectivity index (χ4n) is 3.90. The topological polar surface area (TPSA) is 90.0 Å². The monoisotopic (exact) mass is 379 g/mol. The summed E-state index contributed by atoms with van der Waals surface area (Å²) < 4.78 is 39.1.